The highest BCUT2D eigenvalue weighted by molar-refractivity contribution is 5.96. The Labute approximate surface area is 102 Å². The van der Waals surface area contributed by atoms with Crippen molar-refractivity contribution in [1.29, 1.82) is 0 Å². The van der Waals surface area contributed by atoms with Gasteiger partial charge in [0.1, 0.15) is 0 Å². The van der Waals surface area contributed by atoms with E-state index < -0.39 is 6.03 Å². The summed E-state index contributed by atoms with van der Waals surface area (Å²) in [7, 11) is 3.35. The van der Waals surface area contributed by atoms with Crippen molar-refractivity contribution >= 4 is 11.9 Å². The first kappa shape index (κ1) is 13.9. The van der Waals surface area contributed by atoms with E-state index in [0.717, 1.165) is 0 Å². The molecule has 0 aromatic carbocycles. The summed E-state index contributed by atoms with van der Waals surface area (Å²) in [4.78, 5) is 24.8. The summed E-state index contributed by atoms with van der Waals surface area (Å²) < 4.78 is 0. The molecule has 0 spiro atoms. The molecular formula is C11H22N4O2. The number of rotatable bonds is 5. The number of nitrogens with two attached hydrogens (primary N) is 1. The maximum absolute atomic E-state index is 11.8. The van der Waals surface area contributed by atoms with Crippen LogP contribution in [-0.2, 0) is 4.79 Å². The Kier molecular flexibility index (Phi) is 4.89. The monoisotopic (exact) mass is 242 g/mol. The molecule has 0 saturated heterocycles. The third kappa shape index (κ3) is 3.67. The van der Waals surface area contributed by atoms with E-state index >= 15 is 0 Å². The molecule has 6 nitrogen and oxygen atoms in total. The Bertz CT molecular complexity index is 291. The number of carbonyl (C=O) groups is 2. The van der Waals surface area contributed by atoms with Crippen LogP contribution in [0.25, 0.3) is 0 Å². The molecule has 0 heterocycles. The third-order valence-electron chi connectivity index (χ3n) is 3.38. The van der Waals surface area contributed by atoms with Crippen LogP contribution in [0.5, 0.6) is 0 Å². The number of amides is 3. The summed E-state index contributed by atoms with van der Waals surface area (Å²) in [5.74, 6) is 0.297. The van der Waals surface area contributed by atoms with Crippen molar-refractivity contribution in [2.75, 3.05) is 20.6 Å². The van der Waals surface area contributed by atoms with Gasteiger partial charge in [-0.2, -0.15) is 0 Å². The van der Waals surface area contributed by atoms with Gasteiger partial charge in [0.05, 0.1) is 6.04 Å². The molecule has 0 aliphatic heterocycles. The average molecular weight is 242 g/mol. The number of hydrogen-bond acceptors (Lipinski definition) is 4. The van der Waals surface area contributed by atoms with Crippen LogP contribution in [0.4, 0.5) is 4.79 Å². The number of imide groups is 1. The molecule has 6 heteroatoms. The fourth-order valence-electron chi connectivity index (χ4n) is 1.92. The molecule has 17 heavy (non-hydrogen) atoms. The number of urea groups is 1. The smallest absolute Gasteiger partial charge is 0.321 e. The lowest BCUT2D eigenvalue weighted by molar-refractivity contribution is -0.125. The Morgan fingerprint density at radius 3 is 2.47 bits per heavy atom. The van der Waals surface area contributed by atoms with E-state index in [0.29, 0.717) is 12.5 Å². The van der Waals surface area contributed by atoms with Crippen molar-refractivity contribution in [1.82, 2.24) is 15.5 Å². The summed E-state index contributed by atoms with van der Waals surface area (Å²) in [5.41, 5.74) is 5.73. The van der Waals surface area contributed by atoms with Crippen LogP contribution in [0.3, 0.4) is 0 Å². The fourth-order valence-corrected chi connectivity index (χ4v) is 1.92. The Morgan fingerprint density at radius 1 is 1.47 bits per heavy atom. The Balaban J connectivity index is 2.51. The Hall–Kier alpha value is -1.14. The molecule has 1 saturated carbocycles. The van der Waals surface area contributed by atoms with E-state index in [9.17, 15) is 9.59 Å². The van der Waals surface area contributed by atoms with Crippen LogP contribution in [-0.4, -0.2) is 49.6 Å². The van der Waals surface area contributed by atoms with E-state index in [1.165, 1.54) is 19.9 Å². The predicted molar refractivity (Wildman–Crippen MR) is 65.4 cm³/mol. The summed E-state index contributed by atoms with van der Waals surface area (Å²) in [6.07, 6.45) is 2.35. The lowest BCUT2D eigenvalue weighted by Gasteiger charge is -2.31. The lowest BCUT2D eigenvalue weighted by atomic mass is 10.1. The molecular weight excluding hydrogens is 220 g/mol. The summed E-state index contributed by atoms with van der Waals surface area (Å²) >= 11 is 0. The molecule has 0 radical (unpaired) electrons. The van der Waals surface area contributed by atoms with E-state index in [1.807, 2.05) is 11.9 Å². The lowest BCUT2D eigenvalue weighted by Crippen LogP contribution is -2.53. The van der Waals surface area contributed by atoms with Gasteiger partial charge in [0.15, 0.2) is 0 Å². The highest BCUT2D eigenvalue weighted by atomic mass is 16.2. The van der Waals surface area contributed by atoms with Crippen molar-refractivity contribution < 1.29 is 9.59 Å². The van der Waals surface area contributed by atoms with Gasteiger partial charge < -0.3 is 11.1 Å². The molecule has 1 aliphatic rings. The van der Waals surface area contributed by atoms with Gasteiger partial charge >= 0.3 is 6.03 Å². The van der Waals surface area contributed by atoms with Gasteiger partial charge in [-0.15, -0.1) is 0 Å². The molecule has 1 rings (SSSR count). The number of hydrogen-bond donors (Lipinski definition) is 3. The standard InChI is InChI=1S/C11H22N4O2/c1-7(10(16)14-11(17)13-2)15(3)9(6-12)8-4-5-8/h7-9H,4-6,12H2,1-3H3,(H2,13,14,16,17). The van der Waals surface area contributed by atoms with Gasteiger partial charge in [-0.1, -0.05) is 0 Å². The first-order valence-electron chi connectivity index (χ1n) is 5.95. The zero-order chi connectivity index (χ0) is 13.0. The minimum atomic E-state index is -0.481. The van der Waals surface area contributed by atoms with Gasteiger partial charge in [0, 0.05) is 19.6 Å². The second-order valence-electron chi connectivity index (χ2n) is 4.55. The van der Waals surface area contributed by atoms with Gasteiger partial charge in [-0.3, -0.25) is 15.0 Å². The summed E-state index contributed by atoms with van der Waals surface area (Å²) in [6.45, 7) is 2.32. The van der Waals surface area contributed by atoms with Crippen molar-refractivity contribution in [3.63, 3.8) is 0 Å². The van der Waals surface area contributed by atoms with Crippen LogP contribution in [0.1, 0.15) is 19.8 Å². The average Bonchev–Trinajstić information content (AvgIpc) is 3.12. The van der Waals surface area contributed by atoms with Crippen molar-refractivity contribution in [2.45, 2.75) is 31.8 Å². The van der Waals surface area contributed by atoms with Crippen LogP contribution in [0, 0.1) is 5.92 Å². The second-order valence-corrected chi connectivity index (χ2v) is 4.55. The Morgan fingerprint density at radius 2 is 2.06 bits per heavy atom. The number of nitrogens with one attached hydrogen (secondary N) is 2. The highest BCUT2D eigenvalue weighted by Gasteiger charge is 2.36. The fraction of sp³-hybridized carbons (Fsp3) is 0.818. The molecule has 4 N–H and O–H groups in total. The predicted octanol–water partition coefficient (Wildman–Crippen LogP) is -0.500. The number of likely N-dealkylation sites (N-methyl/N-ethyl adjacent to an activating group) is 1. The molecule has 0 aromatic heterocycles. The molecule has 1 aliphatic carbocycles. The largest absolute Gasteiger partial charge is 0.341 e. The maximum atomic E-state index is 11.8. The summed E-state index contributed by atoms with van der Waals surface area (Å²) in [5, 5.41) is 4.63. The third-order valence-corrected chi connectivity index (χ3v) is 3.38. The highest BCUT2D eigenvalue weighted by Crippen LogP contribution is 2.35. The SMILES string of the molecule is CNC(=O)NC(=O)C(C)N(C)C(CN)C1CC1. The van der Waals surface area contributed by atoms with Gasteiger partial charge in [0.2, 0.25) is 5.91 Å². The maximum Gasteiger partial charge on any atom is 0.321 e. The van der Waals surface area contributed by atoms with Crippen molar-refractivity contribution in [2.24, 2.45) is 11.7 Å². The quantitative estimate of drug-likeness (QED) is 0.606. The molecule has 2 unspecified atom stereocenters. The topological polar surface area (TPSA) is 87.5 Å². The van der Waals surface area contributed by atoms with Crippen LogP contribution in [0.2, 0.25) is 0 Å². The van der Waals surface area contributed by atoms with Crippen LogP contribution >= 0.6 is 0 Å². The van der Waals surface area contributed by atoms with E-state index in [2.05, 4.69) is 10.6 Å². The normalized spacial score (nSPS) is 18.6. The van der Waals surface area contributed by atoms with Crippen molar-refractivity contribution in [3.05, 3.63) is 0 Å². The van der Waals surface area contributed by atoms with Crippen LogP contribution in [0.15, 0.2) is 0 Å². The molecule has 98 valence electrons. The molecule has 1 fully saturated rings. The number of nitrogens with zero attached hydrogens (tertiary/aromatic N) is 1. The van der Waals surface area contributed by atoms with E-state index in [4.69, 9.17) is 5.73 Å². The number of carbonyl (C=O) groups excluding carboxylic acids is 2. The second kappa shape index (κ2) is 5.97. The van der Waals surface area contributed by atoms with Gasteiger partial charge in [-0.05, 0) is 32.7 Å². The zero-order valence-corrected chi connectivity index (χ0v) is 10.7. The van der Waals surface area contributed by atoms with E-state index in [1.54, 1.807) is 6.92 Å². The molecule has 0 aromatic rings. The van der Waals surface area contributed by atoms with Gasteiger partial charge in [-0.25, -0.2) is 4.79 Å². The van der Waals surface area contributed by atoms with Gasteiger partial charge in [0.25, 0.3) is 0 Å². The minimum absolute atomic E-state index is 0.223. The van der Waals surface area contributed by atoms with E-state index in [-0.39, 0.29) is 18.0 Å². The van der Waals surface area contributed by atoms with Crippen LogP contribution < -0.4 is 16.4 Å². The first-order chi connectivity index (χ1) is 8.01. The first-order valence-corrected chi connectivity index (χ1v) is 5.95. The van der Waals surface area contributed by atoms with Crippen molar-refractivity contribution in [3.8, 4) is 0 Å². The molecule has 0 bridgehead atoms. The zero-order valence-electron chi connectivity index (χ0n) is 10.7. The minimum Gasteiger partial charge on any atom is -0.341 e. The molecule has 3 amide bonds. The summed E-state index contributed by atoms with van der Waals surface area (Å²) in [6, 6.07) is -0.618. The molecule has 2 atom stereocenters.